The van der Waals surface area contributed by atoms with E-state index in [0.717, 1.165) is 52.4 Å². The van der Waals surface area contributed by atoms with Gasteiger partial charge >= 0.3 is 5.37 Å². The lowest BCUT2D eigenvalue weighted by atomic mass is 9.95. The summed E-state index contributed by atoms with van der Waals surface area (Å²) in [5, 5.41) is 10.3. The van der Waals surface area contributed by atoms with E-state index in [-0.39, 0.29) is 29.2 Å². The molecule has 10 rings (SSSR count). The first-order chi connectivity index (χ1) is 40.7. The van der Waals surface area contributed by atoms with Gasteiger partial charge in [-0.25, -0.2) is 62.1 Å². The van der Waals surface area contributed by atoms with Crippen molar-refractivity contribution in [2.45, 2.75) is 107 Å². The summed E-state index contributed by atoms with van der Waals surface area (Å²) in [7, 11) is 5.02. The lowest BCUT2D eigenvalue weighted by Crippen LogP contribution is -2.13. The molecule has 448 valence electrons. The SMILES string of the molecule is C#[N+]C(c1ccc(F)cc1)S(=O)(=O)c1ccc(C)cc1.CNc1nccc(-c2c(-c3ccc(F)cc3)ncn2C2CCCCC2)n1.CNc1nccc(C(C)OC)n1.CNc1nccc(C=NC2CCCCC2)n1.CNc1nccc(C=O)n1.Cl. The summed E-state index contributed by atoms with van der Waals surface area (Å²) in [5.74, 6) is 1.61. The summed E-state index contributed by atoms with van der Waals surface area (Å²) in [6, 6.07) is 26.1. The number of carbonyl (C=O) groups is 1. The minimum Gasteiger partial charge on any atom is -0.375 e. The maximum atomic E-state index is 13.4. The Hall–Kier alpha value is -8.72. The maximum Gasteiger partial charge on any atom is 0.397 e. The Morgan fingerprint density at radius 2 is 1.16 bits per heavy atom. The largest absolute Gasteiger partial charge is 0.397 e. The van der Waals surface area contributed by atoms with Crippen molar-refractivity contribution in [2.24, 2.45) is 4.99 Å². The molecule has 0 saturated heterocycles. The summed E-state index contributed by atoms with van der Waals surface area (Å²) < 4.78 is 58.6. The van der Waals surface area contributed by atoms with Crippen molar-refractivity contribution in [1.82, 2.24) is 49.4 Å². The molecule has 0 spiro atoms. The number of aldehydes is 1. The first kappa shape index (κ1) is 67.1. The fourth-order valence-corrected chi connectivity index (χ4v) is 10.3. The van der Waals surface area contributed by atoms with Crippen molar-refractivity contribution in [1.29, 1.82) is 0 Å². The van der Waals surface area contributed by atoms with Crippen LogP contribution in [0.2, 0.25) is 0 Å². The van der Waals surface area contributed by atoms with Crippen LogP contribution in [-0.4, -0.2) is 112 Å². The van der Waals surface area contributed by atoms with Crippen LogP contribution in [0.25, 0.3) is 27.5 Å². The Bertz CT molecular complexity index is 3490. The number of hydrogen-bond donors (Lipinski definition) is 4. The van der Waals surface area contributed by atoms with Gasteiger partial charge in [0.15, 0.2) is 6.29 Å². The van der Waals surface area contributed by atoms with E-state index in [1.165, 1.54) is 106 Å². The van der Waals surface area contributed by atoms with Crippen LogP contribution in [0.5, 0.6) is 0 Å². The van der Waals surface area contributed by atoms with Crippen LogP contribution >= 0.6 is 12.4 Å². The third kappa shape index (κ3) is 20.3. The van der Waals surface area contributed by atoms with E-state index in [9.17, 15) is 22.0 Å². The normalized spacial score (nSPS) is 13.8. The second-order valence-corrected chi connectivity index (χ2v) is 21.3. The highest BCUT2D eigenvalue weighted by Crippen LogP contribution is 2.37. The predicted molar refractivity (Wildman–Crippen MR) is 333 cm³/mol. The molecule has 24 heteroatoms. The molecule has 3 aromatic carbocycles. The first-order valence-corrected chi connectivity index (χ1v) is 29.1. The van der Waals surface area contributed by atoms with Gasteiger partial charge < -0.3 is 30.6 Å². The van der Waals surface area contributed by atoms with E-state index < -0.39 is 21.0 Å². The molecule has 2 atom stereocenters. The van der Waals surface area contributed by atoms with Gasteiger partial charge in [-0.05, 0) is 124 Å². The van der Waals surface area contributed by atoms with E-state index in [2.05, 4.69) is 80.5 Å². The summed E-state index contributed by atoms with van der Waals surface area (Å²) in [6.07, 6.45) is 23.7. The smallest absolute Gasteiger partial charge is 0.375 e. The molecule has 0 radical (unpaired) electrons. The van der Waals surface area contributed by atoms with Crippen molar-refractivity contribution >= 4 is 58.5 Å². The number of benzene rings is 3. The quantitative estimate of drug-likeness (QED) is 0.0550. The molecule has 0 aliphatic heterocycles. The molecule has 4 N–H and O–H groups in total. The molecule has 0 amide bonds. The number of sulfone groups is 1. The van der Waals surface area contributed by atoms with Gasteiger partial charge in [0, 0.05) is 77.9 Å². The van der Waals surface area contributed by atoms with Gasteiger partial charge in [-0.15, -0.1) is 12.4 Å². The molecule has 20 nitrogen and oxygen atoms in total. The topological polar surface area (TPSA) is 246 Å². The predicted octanol–water partition coefficient (Wildman–Crippen LogP) is 12.5. The number of anilines is 4. The molecule has 8 aromatic rings. The number of aryl methyl sites for hydroxylation is 1. The standard InChI is InChI=1S/C20H22FN5.C15H13FNO2S.C12H18N4.C8H13N3O.C6H7N3O.ClH/c1-22-20-23-12-11-17(25-20)19-18(14-7-9-15(21)10-8-14)24-13-26(19)16-5-3-2-4-6-16;1-11-3-9-14(10-4-11)20(18,19)15(17-2)12-5-7-13(16)8-6-12;1-13-12-14-8-7-11(16-12)9-15-10-5-3-2-4-6-10;1-6(12-3)7-4-5-10-8(9-2)11-7;1-7-6-8-3-2-5(4-10)9-6;/h7-13,16H,2-6H2,1H3,(H,22,23,25);2-10,15H,1H3;7-10H,2-6H2,1H3,(H,13,14,16);4-6H,1-3H3,(H,9,10,11);2-4H,1H3,(H,7,8,9);1H/q;+1;;;;. The average Bonchev–Trinajstić information content (AvgIpc) is 4.14. The zero-order valence-corrected chi connectivity index (χ0v) is 50.4. The first-order valence-electron chi connectivity index (χ1n) is 27.6. The van der Waals surface area contributed by atoms with Gasteiger partial charge in [-0.3, -0.25) is 9.79 Å². The van der Waals surface area contributed by atoms with Crippen LogP contribution in [0.15, 0.2) is 138 Å². The molecular formula is C61H74ClF2N16O4S+. The average molecular weight is 1200 g/mol. The number of hydrogen-bond acceptors (Lipinski definition) is 18. The van der Waals surface area contributed by atoms with E-state index in [1.807, 2.05) is 51.6 Å². The number of rotatable bonds is 15. The van der Waals surface area contributed by atoms with Crippen LogP contribution in [-0.2, 0) is 14.6 Å². The van der Waals surface area contributed by atoms with Crippen molar-refractivity contribution in [3.63, 3.8) is 0 Å². The number of halogens is 3. The number of carbonyl (C=O) groups excluding carboxylic acids is 1. The molecule has 0 bridgehead atoms. The van der Waals surface area contributed by atoms with Crippen molar-refractivity contribution in [3.8, 4) is 29.2 Å². The highest BCUT2D eigenvalue weighted by atomic mass is 35.5. The van der Waals surface area contributed by atoms with Crippen molar-refractivity contribution in [3.05, 3.63) is 173 Å². The Labute approximate surface area is 502 Å². The number of ether oxygens (including phenoxy) is 1. The number of nitrogens with zero attached hydrogens (tertiary/aromatic N) is 12. The highest BCUT2D eigenvalue weighted by molar-refractivity contribution is 7.91. The third-order valence-electron chi connectivity index (χ3n) is 13.5. The van der Waals surface area contributed by atoms with Crippen LogP contribution < -0.4 is 21.3 Å². The summed E-state index contributed by atoms with van der Waals surface area (Å²) in [4.78, 5) is 56.1. The Morgan fingerprint density at radius 1 is 0.659 bits per heavy atom. The minimum absolute atomic E-state index is 0. The molecule has 2 saturated carbocycles. The van der Waals surface area contributed by atoms with Gasteiger partial charge in [0.25, 0.3) is 16.4 Å². The lowest BCUT2D eigenvalue weighted by Gasteiger charge is -2.25. The molecule has 2 aliphatic rings. The van der Waals surface area contributed by atoms with E-state index in [1.54, 1.807) is 77.2 Å². The molecule has 2 unspecified atom stereocenters. The molecule has 2 fully saturated rings. The minimum atomic E-state index is -3.75. The van der Waals surface area contributed by atoms with Gasteiger partial charge in [0.2, 0.25) is 23.8 Å². The summed E-state index contributed by atoms with van der Waals surface area (Å²) >= 11 is 0. The Kier molecular flexibility index (Phi) is 27.4. The van der Waals surface area contributed by atoms with E-state index in [0.29, 0.717) is 53.4 Å². The van der Waals surface area contributed by atoms with E-state index in [4.69, 9.17) is 11.3 Å². The lowest BCUT2D eigenvalue weighted by molar-refractivity contribution is 0.111. The van der Waals surface area contributed by atoms with Crippen LogP contribution in [0.3, 0.4) is 0 Å². The molecular weight excluding hydrogens is 1130 g/mol. The molecule has 5 heterocycles. The summed E-state index contributed by atoms with van der Waals surface area (Å²) in [5.41, 5.74) is 6.95. The van der Waals surface area contributed by atoms with Crippen molar-refractivity contribution in [2.75, 3.05) is 56.6 Å². The molecule has 5 aromatic heterocycles. The number of imidazole rings is 1. The maximum absolute atomic E-state index is 13.4. The Balaban J connectivity index is 0.000000202. The zero-order chi connectivity index (χ0) is 60.3. The number of aliphatic imine (C=N–C) groups is 1. The number of nitrogens with one attached hydrogen (secondary N) is 4. The number of methoxy groups -OCH3 is 1. The fourth-order valence-electron chi connectivity index (χ4n) is 8.89. The van der Waals surface area contributed by atoms with Crippen LogP contribution in [0.1, 0.15) is 122 Å². The second kappa shape index (κ2) is 34.8. The molecule has 2 aliphatic carbocycles. The molecule has 85 heavy (non-hydrogen) atoms. The van der Waals surface area contributed by atoms with Gasteiger partial charge in [-0.2, -0.15) is 0 Å². The van der Waals surface area contributed by atoms with Crippen molar-refractivity contribution < 1.29 is 26.7 Å². The Morgan fingerprint density at radius 3 is 1.72 bits per heavy atom. The second-order valence-electron chi connectivity index (χ2n) is 19.3. The fraction of sp³-hybridized carbons (Fsp3) is 0.344. The van der Waals surface area contributed by atoms with Crippen LogP contribution in [0, 0.1) is 25.1 Å². The summed E-state index contributed by atoms with van der Waals surface area (Å²) in [6.45, 7) is 9.06. The van der Waals surface area contributed by atoms with Gasteiger partial charge in [0.05, 0.1) is 57.4 Å². The van der Waals surface area contributed by atoms with Gasteiger partial charge in [-0.1, -0.05) is 61.1 Å². The van der Waals surface area contributed by atoms with Crippen LogP contribution in [0.4, 0.5) is 32.6 Å². The number of aromatic nitrogens is 10. The monoisotopic (exact) mass is 1200 g/mol. The highest BCUT2D eigenvalue weighted by Gasteiger charge is 2.37. The van der Waals surface area contributed by atoms with E-state index >= 15 is 0 Å². The zero-order valence-electron chi connectivity index (χ0n) is 48.8. The third-order valence-corrected chi connectivity index (χ3v) is 15.4. The van der Waals surface area contributed by atoms with Gasteiger partial charge in [0.1, 0.15) is 17.3 Å².